The Morgan fingerprint density at radius 2 is 1.72 bits per heavy atom. The van der Waals surface area contributed by atoms with Crippen LogP contribution < -0.4 is 10.0 Å². The number of anilines is 1. The molecule has 2 aromatic rings. The molecule has 0 radical (unpaired) electrons. The third kappa shape index (κ3) is 5.32. The summed E-state index contributed by atoms with van der Waals surface area (Å²) in [5.41, 5.74) is 1.17. The van der Waals surface area contributed by atoms with Gasteiger partial charge < -0.3 is 5.32 Å². The average Bonchev–Trinajstić information content (AvgIpc) is 2.60. The van der Waals surface area contributed by atoms with E-state index in [0.717, 1.165) is 17.1 Å². The first kappa shape index (κ1) is 19.5. The lowest BCUT2D eigenvalue weighted by Crippen LogP contribution is -2.23. The number of rotatable bonds is 8. The SMILES string of the molecule is CCCSc1ccccc1C(=O)Nc1ccc(S(=O)(=O)NCC)cc1. The van der Waals surface area contributed by atoms with Crippen molar-refractivity contribution in [2.75, 3.05) is 17.6 Å². The van der Waals surface area contributed by atoms with E-state index < -0.39 is 10.0 Å². The van der Waals surface area contributed by atoms with Gasteiger partial charge in [0.2, 0.25) is 10.0 Å². The van der Waals surface area contributed by atoms with Crippen molar-refractivity contribution in [2.45, 2.75) is 30.1 Å². The molecule has 0 spiro atoms. The molecule has 0 fully saturated rings. The maximum Gasteiger partial charge on any atom is 0.256 e. The largest absolute Gasteiger partial charge is 0.322 e. The van der Waals surface area contributed by atoms with E-state index in [9.17, 15) is 13.2 Å². The lowest BCUT2D eigenvalue weighted by molar-refractivity contribution is 0.102. The predicted molar refractivity (Wildman–Crippen MR) is 103 cm³/mol. The van der Waals surface area contributed by atoms with E-state index in [1.165, 1.54) is 12.1 Å². The maximum absolute atomic E-state index is 12.5. The zero-order valence-electron chi connectivity index (χ0n) is 14.3. The summed E-state index contributed by atoms with van der Waals surface area (Å²) in [5, 5.41) is 2.82. The Kier molecular flexibility index (Phi) is 7.04. The van der Waals surface area contributed by atoms with Crippen LogP contribution in [0, 0.1) is 0 Å². The van der Waals surface area contributed by atoms with Crippen molar-refractivity contribution < 1.29 is 13.2 Å². The van der Waals surface area contributed by atoms with E-state index in [4.69, 9.17) is 0 Å². The number of hydrogen-bond acceptors (Lipinski definition) is 4. The number of hydrogen-bond donors (Lipinski definition) is 2. The molecule has 2 rings (SSSR count). The van der Waals surface area contributed by atoms with Gasteiger partial charge in [0.25, 0.3) is 5.91 Å². The molecule has 7 heteroatoms. The van der Waals surface area contributed by atoms with Crippen LogP contribution >= 0.6 is 11.8 Å². The molecule has 25 heavy (non-hydrogen) atoms. The van der Waals surface area contributed by atoms with E-state index in [1.54, 1.807) is 36.9 Å². The summed E-state index contributed by atoms with van der Waals surface area (Å²) in [4.78, 5) is 13.6. The zero-order valence-corrected chi connectivity index (χ0v) is 15.9. The predicted octanol–water partition coefficient (Wildman–Crippen LogP) is 3.74. The maximum atomic E-state index is 12.5. The highest BCUT2D eigenvalue weighted by Gasteiger charge is 2.14. The molecule has 0 saturated heterocycles. The zero-order chi connectivity index (χ0) is 18.3. The molecule has 2 aromatic carbocycles. The van der Waals surface area contributed by atoms with Crippen molar-refractivity contribution in [1.29, 1.82) is 0 Å². The Balaban J connectivity index is 2.14. The number of benzene rings is 2. The number of nitrogens with one attached hydrogen (secondary N) is 2. The minimum absolute atomic E-state index is 0.172. The van der Waals surface area contributed by atoms with Gasteiger partial charge in [-0.2, -0.15) is 0 Å². The van der Waals surface area contributed by atoms with E-state index in [0.29, 0.717) is 17.8 Å². The summed E-state index contributed by atoms with van der Waals surface area (Å²) >= 11 is 1.65. The van der Waals surface area contributed by atoms with Crippen molar-refractivity contribution in [3.63, 3.8) is 0 Å². The van der Waals surface area contributed by atoms with Crippen LogP contribution in [0.15, 0.2) is 58.3 Å². The Labute approximate surface area is 153 Å². The second kappa shape index (κ2) is 9.03. The van der Waals surface area contributed by atoms with Crippen LogP contribution in [0.3, 0.4) is 0 Å². The van der Waals surface area contributed by atoms with Crippen LogP contribution in [-0.4, -0.2) is 26.6 Å². The first-order chi connectivity index (χ1) is 12.0. The number of thioether (sulfide) groups is 1. The highest BCUT2D eigenvalue weighted by atomic mass is 32.2. The summed E-state index contributed by atoms with van der Waals surface area (Å²) in [6.07, 6.45) is 1.03. The van der Waals surface area contributed by atoms with E-state index >= 15 is 0 Å². The van der Waals surface area contributed by atoms with Crippen molar-refractivity contribution in [3.05, 3.63) is 54.1 Å². The van der Waals surface area contributed by atoms with Gasteiger partial charge in [-0.3, -0.25) is 4.79 Å². The number of carbonyl (C=O) groups excluding carboxylic acids is 1. The lowest BCUT2D eigenvalue weighted by Gasteiger charge is -2.10. The van der Waals surface area contributed by atoms with Crippen LogP contribution in [0.5, 0.6) is 0 Å². The summed E-state index contributed by atoms with van der Waals surface area (Å²) in [6, 6.07) is 13.6. The van der Waals surface area contributed by atoms with Gasteiger partial charge in [-0.15, -0.1) is 11.8 Å². The molecule has 0 saturated carbocycles. The first-order valence-electron chi connectivity index (χ1n) is 8.10. The molecule has 0 heterocycles. The fourth-order valence-electron chi connectivity index (χ4n) is 2.18. The molecule has 1 amide bonds. The van der Waals surface area contributed by atoms with Gasteiger partial charge in [0, 0.05) is 17.1 Å². The molecular formula is C18H22N2O3S2. The number of amides is 1. The molecule has 0 aliphatic rings. The Morgan fingerprint density at radius 3 is 2.36 bits per heavy atom. The molecule has 0 aliphatic carbocycles. The highest BCUT2D eigenvalue weighted by Crippen LogP contribution is 2.24. The molecule has 2 N–H and O–H groups in total. The summed E-state index contributed by atoms with van der Waals surface area (Å²) in [5.74, 6) is 0.739. The third-order valence-electron chi connectivity index (χ3n) is 3.35. The molecule has 0 aliphatic heterocycles. The Hall–Kier alpha value is -1.83. The summed E-state index contributed by atoms with van der Waals surface area (Å²) in [6.45, 7) is 4.14. The van der Waals surface area contributed by atoms with Gasteiger partial charge in [-0.25, -0.2) is 13.1 Å². The van der Waals surface area contributed by atoms with Gasteiger partial charge in [-0.1, -0.05) is 26.0 Å². The molecule has 0 unspecified atom stereocenters. The number of carbonyl (C=O) groups is 1. The molecule has 0 aromatic heterocycles. The van der Waals surface area contributed by atoms with Crippen LogP contribution in [0.2, 0.25) is 0 Å². The van der Waals surface area contributed by atoms with E-state index in [2.05, 4.69) is 17.0 Å². The van der Waals surface area contributed by atoms with Crippen LogP contribution in [0.4, 0.5) is 5.69 Å². The van der Waals surface area contributed by atoms with Crippen molar-refractivity contribution in [2.24, 2.45) is 0 Å². The van der Waals surface area contributed by atoms with Crippen molar-refractivity contribution in [3.8, 4) is 0 Å². The highest BCUT2D eigenvalue weighted by molar-refractivity contribution is 7.99. The normalized spacial score (nSPS) is 11.3. The minimum Gasteiger partial charge on any atom is -0.322 e. The van der Waals surface area contributed by atoms with Gasteiger partial charge in [0.05, 0.1) is 10.5 Å². The summed E-state index contributed by atoms with van der Waals surface area (Å²) in [7, 11) is -3.49. The standard InChI is InChI=1S/C18H22N2O3S2/c1-3-13-24-17-8-6-5-7-16(17)18(21)20-14-9-11-15(12-10-14)25(22,23)19-4-2/h5-12,19H,3-4,13H2,1-2H3,(H,20,21). The van der Waals surface area contributed by atoms with E-state index in [-0.39, 0.29) is 10.8 Å². The quantitative estimate of drug-likeness (QED) is 0.686. The molecule has 0 bridgehead atoms. The molecule has 5 nitrogen and oxygen atoms in total. The smallest absolute Gasteiger partial charge is 0.256 e. The van der Waals surface area contributed by atoms with Crippen LogP contribution in [0.1, 0.15) is 30.6 Å². The minimum atomic E-state index is -3.49. The first-order valence-corrected chi connectivity index (χ1v) is 10.6. The topological polar surface area (TPSA) is 75.3 Å². The average molecular weight is 379 g/mol. The Morgan fingerprint density at radius 1 is 1.04 bits per heavy atom. The molecule has 0 atom stereocenters. The van der Waals surface area contributed by atoms with Gasteiger partial charge in [0.1, 0.15) is 0 Å². The second-order valence-electron chi connectivity index (χ2n) is 5.32. The number of sulfonamides is 1. The fourth-order valence-corrected chi connectivity index (χ4v) is 4.14. The molecular weight excluding hydrogens is 356 g/mol. The third-order valence-corrected chi connectivity index (χ3v) is 6.19. The van der Waals surface area contributed by atoms with Crippen LogP contribution in [0.25, 0.3) is 0 Å². The lowest BCUT2D eigenvalue weighted by atomic mass is 10.2. The van der Waals surface area contributed by atoms with Gasteiger partial charge in [-0.05, 0) is 48.6 Å². The monoisotopic (exact) mass is 378 g/mol. The summed E-state index contributed by atoms with van der Waals surface area (Å²) < 4.78 is 26.3. The van der Waals surface area contributed by atoms with Gasteiger partial charge >= 0.3 is 0 Å². The van der Waals surface area contributed by atoms with E-state index in [1.807, 2.05) is 18.2 Å². The fraction of sp³-hybridized carbons (Fsp3) is 0.278. The van der Waals surface area contributed by atoms with Gasteiger partial charge in [0.15, 0.2) is 0 Å². The molecule has 134 valence electrons. The van der Waals surface area contributed by atoms with Crippen molar-refractivity contribution in [1.82, 2.24) is 4.72 Å². The van der Waals surface area contributed by atoms with Crippen molar-refractivity contribution >= 4 is 33.4 Å². The Bertz CT molecular complexity index is 818. The second-order valence-corrected chi connectivity index (χ2v) is 8.23. The van der Waals surface area contributed by atoms with Crippen LogP contribution in [-0.2, 0) is 10.0 Å².